The van der Waals surface area contributed by atoms with Gasteiger partial charge in [0, 0.05) is 12.2 Å². The smallest absolute Gasteiger partial charge is 0.252 e. The van der Waals surface area contributed by atoms with Crippen LogP contribution in [-0.4, -0.2) is 31.2 Å². The molecule has 0 bridgehead atoms. The largest absolute Gasteiger partial charge is 0.376 e. The summed E-state index contributed by atoms with van der Waals surface area (Å²) in [4.78, 5) is 12.3. The molecule has 1 aromatic rings. The molecule has 3 N–H and O–H groups in total. The van der Waals surface area contributed by atoms with E-state index in [9.17, 15) is 9.18 Å². The van der Waals surface area contributed by atoms with Gasteiger partial charge in [-0.05, 0) is 38.0 Å². The van der Waals surface area contributed by atoms with Crippen molar-refractivity contribution in [2.24, 2.45) is 5.73 Å². The molecule has 2 rings (SSSR count). The van der Waals surface area contributed by atoms with Crippen molar-refractivity contribution in [3.63, 3.8) is 0 Å². The predicted octanol–water partition coefficient (Wildman–Crippen LogP) is 1.43. The number of nitrogens with two attached hydrogens (primary N) is 1. The van der Waals surface area contributed by atoms with Gasteiger partial charge in [0.25, 0.3) is 5.91 Å². The molecule has 0 radical (unpaired) electrons. The van der Waals surface area contributed by atoms with E-state index in [-0.39, 0.29) is 24.6 Å². The number of carbonyl (C=O) groups excluding carboxylic acids is 1. The number of hydrogen-bond acceptors (Lipinski definition) is 3. The molecule has 1 aliphatic rings. The van der Waals surface area contributed by atoms with E-state index in [4.69, 9.17) is 10.5 Å². The van der Waals surface area contributed by atoms with E-state index in [0.717, 1.165) is 19.4 Å². The van der Waals surface area contributed by atoms with Crippen LogP contribution in [0.25, 0.3) is 0 Å². The van der Waals surface area contributed by atoms with E-state index in [2.05, 4.69) is 17.2 Å². The van der Waals surface area contributed by atoms with E-state index in [1.807, 2.05) is 6.92 Å². The first kappa shape index (κ1) is 15.5. The van der Waals surface area contributed by atoms with Crippen LogP contribution in [0.4, 0.5) is 4.39 Å². The Bertz CT molecular complexity index is 571. The Morgan fingerprint density at radius 1 is 1.62 bits per heavy atom. The van der Waals surface area contributed by atoms with Crippen molar-refractivity contribution in [2.45, 2.75) is 31.9 Å². The van der Waals surface area contributed by atoms with Crippen molar-refractivity contribution in [1.82, 2.24) is 5.32 Å². The number of nitrogens with one attached hydrogen (secondary N) is 1. The Hall–Kier alpha value is -1.90. The predicted molar refractivity (Wildman–Crippen MR) is 78.2 cm³/mol. The molecular formula is C16H19FN2O2. The number of hydrogen-bond donors (Lipinski definition) is 2. The van der Waals surface area contributed by atoms with Crippen molar-refractivity contribution in [2.75, 3.05) is 13.2 Å². The Labute approximate surface area is 123 Å². The molecule has 2 unspecified atom stereocenters. The van der Waals surface area contributed by atoms with Gasteiger partial charge < -0.3 is 15.8 Å². The lowest BCUT2D eigenvalue weighted by atomic mass is 10.0. The monoisotopic (exact) mass is 290 g/mol. The summed E-state index contributed by atoms with van der Waals surface area (Å²) in [6.07, 6.45) is 1.98. The van der Waals surface area contributed by atoms with Gasteiger partial charge in [-0.3, -0.25) is 4.79 Å². The molecular weight excluding hydrogens is 271 g/mol. The molecule has 0 saturated carbocycles. The molecule has 1 fully saturated rings. The van der Waals surface area contributed by atoms with Crippen LogP contribution in [0.3, 0.4) is 0 Å². The summed E-state index contributed by atoms with van der Waals surface area (Å²) < 4.78 is 18.8. The minimum absolute atomic E-state index is 0.0352. The standard InChI is InChI=1S/C16H19FN2O2/c1-11(15-5-3-9-21-15)19-16(20)14-7-6-13(17)10-12(14)4-2-8-18/h6-7,10-11,15H,3,5,8-9,18H2,1H3,(H,19,20). The van der Waals surface area contributed by atoms with Crippen LogP contribution in [0.5, 0.6) is 0 Å². The van der Waals surface area contributed by atoms with E-state index in [1.54, 1.807) is 0 Å². The van der Waals surface area contributed by atoms with Gasteiger partial charge in [-0.25, -0.2) is 4.39 Å². The molecule has 2 atom stereocenters. The summed E-state index contributed by atoms with van der Waals surface area (Å²) in [5.41, 5.74) is 6.01. The van der Waals surface area contributed by atoms with Crippen LogP contribution in [0.15, 0.2) is 18.2 Å². The highest BCUT2D eigenvalue weighted by atomic mass is 19.1. The third kappa shape index (κ3) is 4.03. The Kier molecular flexibility index (Phi) is 5.32. The molecule has 0 aromatic heterocycles. The number of halogens is 1. The fraction of sp³-hybridized carbons (Fsp3) is 0.438. The fourth-order valence-corrected chi connectivity index (χ4v) is 2.34. The Morgan fingerprint density at radius 3 is 3.10 bits per heavy atom. The van der Waals surface area contributed by atoms with Crippen molar-refractivity contribution in [3.8, 4) is 11.8 Å². The van der Waals surface area contributed by atoms with Gasteiger partial charge >= 0.3 is 0 Å². The zero-order valence-electron chi connectivity index (χ0n) is 12.0. The maximum atomic E-state index is 13.3. The molecule has 4 nitrogen and oxygen atoms in total. The maximum Gasteiger partial charge on any atom is 0.252 e. The van der Waals surface area contributed by atoms with E-state index in [0.29, 0.717) is 11.1 Å². The number of amides is 1. The molecule has 1 aliphatic heterocycles. The first-order chi connectivity index (χ1) is 10.1. The van der Waals surface area contributed by atoms with Gasteiger partial charge in [0.1, 0.15) is 5.82 Å². The summed E-state index contributed by atoms with van der Waals surface area (Å²) >= 11 is 0. The molecule has 112 valence electrons. The summed E-state index contributed by atoms with van der Waals surface area (Å²) in [7, 11) is 0. The highest BCUT2D eigenvalue weighted by Gasteiger charge is 2.24. The van der Waals surface area contributed by atoms with E-state index < -0.39 is 5.82 Å². The first-order valence-electron chi connectivity index (χ1n) is 7.02. The number of benzene rings is 1. The van der Waals surface area contributed by atoms with Crippen LogP contribution in [0, 0.1) is 17.7 Å². The van der Waals surface area contributed by atoms with E-state index >= 15 is 0 Å². The second-order valence-electron chi connectivity index (χ2n) is 5.01. The average Bonchev–Trinajstić information content (AvgIpc) is 2.99. The van der Waals surface area contributed by atoms with Gasteiger partial charge in [0.05, 0.1) is 24.3 Å². The topological polar surface area (TPSA) is 64.4 Å². The highest BCUT2D eigenvalue weighted by molar-refractivity contribution is 5.96. The maximum absolute atomic E-state index is 13.3. The van der Waals surface area contributed by atoms with Crippen LogP contribution < -0.4 is 11.1 Å². The lowest BCUT2D eigenvalue weighted by Gasteiger charge is -2.20. The lowest BCUT2D eigenvalue weighted by molar-refractivity contribution is 0.0712. The normalized spacial score (nSPS) is 18.7. The van der Waals surface area contributed by atoms with Crippen molar-refractivity contribution < 1.29 is 13.9 Å². The molecule has 1 heterocycles. The van der Waals surface area contributed by atoms with Crippen LogP contribution in [-0.2, 0) is 4.74 Å². The Balaban J connectivity index is 2.14. The zero-order chi connectivity index (χ0) is 15.2. The third-order valence-corrected chi connectivity index (χ3v) is 3.43. The Morgan fingerprint density at radius 2 is 2.43 bits per heavy atom. The fourth-order valence-electron chi connectivity index (χ4n) is 2.34. The van der Waals surface area contributed by atoms with Gasteiger partial charge in [0.15, 0.2) is 0 Å². The summed E-state index contributed by atoms with van der Waals surface area (Å²) in [6, 6.07) is 3.83. The lowest BCUT2D eigenvalue weighted by Crippen LogP contribution is -2.41. The van der Waals surface area contributed by atoms with Crippen molar-refractivity contribution >= 4 is 5.91 Å². The minimum Gasteiger partial charge on any atom is -0.376 e. The summed E-state index contributed by atoms with van der Waals surface area (Å²) in [6.45, 7) is 2.79. The molecule has 0 aliphatic carbocycles. The number of carbonyl (C=O) groups is 1. The second kappa shape index (κ2) is 7.21. The third-order valence-electron chi connectivity index (χ3n) is 3.43. The quantitative estimate of drug-likeness (QED) is 0.828. The molecule has 1 aromatic carbocycles. The zero-order valence-corrected chi connectivity index (χ0v) is 12.0. The second-order valence-corrected chi connectivity index (χ2v) is 5.01. The van der Waals surface area contributed by atoms with Crippen LogP contribution in [0.2, 0.25) is 0 Å². The summed E-state index contributed by atoms with van der Waals surface area (Å²) in [5.74, 6) is 4.66. The van der Waals surface area contributed by atoms with Gasteiger partial charge in [-0.15, -0.1) is 0 Å². The van der Waals surface area contributed by atoms with Gasteiger partial charge in [0.2, 0.25) is 0 Å². The first-order valence-corrected chi connectivity index (χ1v) is 7.02. The minimum atomic E-state index is -0.431. The van der Waals surface area contributed by atoms with E-state index in [1.165, 1.54) is 18.2 Å². The van der Waals surface area contributed by atoms with Crippen molar-refractivity contribution in [3.05, 3.63) is 35.1 Å². The molecule has 0 spiro atoms. The van der Waals surface area contributed by atoms with Gasteiger partial charge in [-0.1, -0.05) is 11.8 Å². The van der Waals surface area contributed by atoms with Crippen LogP contribution in [0.1, 0.15) is 35.7 Å². The summed E-state index contributed by atoms with van der Waals surface area (Å²) in [5, 5.41) is 2.89. The highest BCUT2D eigenvalue weighted by Crippen LogP contribution is 2.16. The SMILES string of the molecule is CC(NC(=O)c1ccc(F)cc1C#CCN)C1CCCO1. The molecule has 21 heavy (non-hydrogen) atoms. The molecule has 5 heteroatoms. The molecule has 1 amide bonds. The average molecular weight is 290 g/mol. The van der Waals surface area contributed by atoms with Gasteiger partial charge in [-0.2, -0.15) is 0 Å². The number of ether oxygens (including phenoxy) is 1. The number of rotatable bonds is 3. The van der Waals surface area contributed by atoms with Crippen molar-refractivity contribution in [1.29, 1.82) is 0 Å². The van der Waals surface area contributed by atoms with Crippen LogP contribution >= 0.6 is 0 Å². The molecule has 1 saturated heterocycles.